The van der Waals surface area contributed by atoms with Gasteiger partial charge in [-0.3, -0.25) is 0 Å². The Morgan fingerprint density at radius 1 is 1.15 bits per heavy atom. The average Bonchev–Trinajstić information content (AvgIpc) is 3.31. The molecule has 0 radical (unpaired) electrons. The van der Waals surface area contributed by atoms with Crippen molar-refractivity contribution < 1.29 is 23.7 Å². The highest BCUT2D eigenvalue weighted by atomic mass is 16.7. The van der Waals surface area contributed by atoms with Crippen LogP contribution in [-0.2, 0) is 9.53 Å². The number of aromatic nitrogens is 2. The molecule has 180 valence electrons. The van der Waals surface area contributed by atoms with Gasteiger partial charge >= 0.3 is 5.97 Å². The Morgan fingerprint density at radius 2 is 1.91 bits per heavy atom. The smallest absolute Gasteiger partial charge is 0.338 e. The molecule has 1 atom stereocenters. The SMILES string of the molecule is CCOC(=O)C1=C(C)Oc2nc(N(C)C)nc(N3CCCCC3)c2C1c1ccc2c(c1)OCO2. The zero-order valence-electron chi connectivity index (χ0n) is 20.1. The van der Waals surface area contributed by atoms with Crippen LogP contribution in [0, 0.1) is 0 Å². The molecule has 34 heavy (non-hydrogen) atoms. The lowest BCUT2D eigenvalue weighted by Gasteiger charge is -2.35. The van der Waals surface area contributed by atoms with E-state index in [2.05, 4.69) is 4.90 Å². The first-order chi connectivity index (χ1) is 16.5. The maximum Gasteiger partial charge on any atom is 0.338 e. The number of fused-ring (bicyclic) bond motifs is 2. The van der Waals surface area contributed by atoms with E-state index >= 15 is 0 Å². The Hall–Kier alpha value is -3.49. The van der Waals surface area contributed by atoms with Gasteiger partial charge in [-0.1, -0.05) is 6.07 Å². The Morgan fingerprint density at radius 3 is 2.65 bits per heavy atom. The number of nitrogens with zero attached hydrogens (tertiary/aromatic N) is 4. The predicted octanol–water partition coefficient (Wildman–Crippen LogP) is 3.62. The van der Waals surface area contributed by atoms with Gasteiger partial charge in [0, 0.05) is 27.2 Å². The number of rotatable bonds is 5. The van der Waals surface area contributed by atoms with Crippen LogP contribution < -0.4 is 24.0 Å². The second-order valence-electron chi connectivity index (χ2n) is 8.85. The van der Waals surface area contributed by atoms with Gasteiger partial charge in [0.25, 0.3) is 0 Å². The quantitative estimate of drug-likeness (QED) is 0.613. The Kier molecular flexibility index (Phi) is 5.93. The number of hydrogen-bond donors (Lipinski definition) is 0. The summed E-state index contributed by atoms with van der Waals surface area (Å²) in [6, 6.07) is 5.76. The number of hydrogen-bond acceptors (Lipinski definition) is 9. The summed E-state index contributed by atoms with van der Waals surface area (Å²) in [5.74, 6) is 2.76. The number of ether oxygens (including phenoxy) is 4. The van der Waals surface area contributed by atoms with Crippen molar-refractivity contribution in [3.63, 3.8) is 0 Å². The number of esters is 1. The molecule has 3 aliphatic rings. The van der Waals surface area contributed by atoms with E-state index in [0.717, 1.165) is 42.9 Å². The van der Waals surface area contributed by atoms with E-state index < -0.39 is 11.9 Å². The van der Waals surface area contributed by atoms with Gasteiger partial charge in [-0.2, -0.15) is 9.97 Å². The fourth-order valence-electron chi connectivity index (χ4n) is 4.75. The molecule has 1 aromatic heterocycles. The number of piperidine rings is 1. The van der Waals surface area contributed by atoms with Crippen LogP contribution >= 0.6 is 0 Å². The lowest BCUT2D eigenvalue weighted by molar-refractivity contribution is -0.139. The van der Waals surface area contributed by atoms with Crippen LogP contribution in [0.25, 0.3) is 0 Å². The minimum atomic E-state index is -0.467. The number of carbonyl (C=O) groups excluding carboxylic acids is 1. The summed E-state index contributed by atoms with van der Waals surface area (Å²) in [5, 5.41) is 0. The van der Waals surface area contributed by atoms with E-state index in [-0.39, 0.29) is 13.4 Å². The van der Waals surface area contributed by atoms with Gasteiger partial charge in [-0.15, -0.1) is 0 Å². The van der Waals surface area contributed by atoms with Crippen LogP contribution in [-0.4, -0.2) is 56.5 Å². The zero-order valence-corrected chi connectivity index (χ0v) is 20.1. The highest BCUT2D eigenvalue weighted by Crippen LogP contribution is 2.49. The van der Waals surface area contributed by atoms with E-state index in [9.17, 15) is 4.79 Å². The maximum absolute atomic E-state index is 13.2. The third-order valence-electron chi connectivity index (χ3n) is 6.37. The van der Waals surface area contributed by atoms with Crippen LogP contribution in [0.4, 0.5) is 11.8 Å². The lowest BCUT2D eigenvalue weighted by atomic mass is 9.82. The third kappa shape index (κ3) is 3.89. The zero-order chi connectivity index (χ0) is 23.8. The Bertz CT molecular complexity index is 1140. The molecule has 0 amide bonds. The molecule has 9 nitrogen and oxygen atoms in total. The number of anilines is 2. The average molecular weight is 467 g/mol. The van der Waals surface area contributed by atoms with Gasteiger partial charge in [0.05, 0.1) is 23.7 Å². The number of carbonyl (C=O) groups is 1. The molecule has 5 rings (SSSR count). The maximum atomic E-state index is 13.2. The van der Waals surface area contributed by atoms with Crippen molar-refractivity contribution in [1.29, 1.82) is 0 Å². The summed E-state index contributed by atoms with van der Waals surface area (Å²) in [5.41, 5.74) is 2.10. The summed E-state index contributed by atoms with van der Waals surface area (Å²) < 4.78 is 22.8. The second-order valence-corrected chi connectivity index (χ2v) is 8.85. The molecule has 1 saturated heterocycles. The van der Waals surface area contributed by atoms with Crippen molar-refractivity contribution in [2.75, 3.05) is 50.4 Å². The summed E-state index contributed by atoms with van der Waals surface area (Å²) in [7, 11) is 3.82. The molecule has 3 aliphatic heterocycles. The van der Waals surface area contributed by atoms with Crippen molar-refractivity contribution in [2.45, 2.75) is 39.0 Å². The molecule has 1 aromatic carbocycles. The molecular formula is C25H30N4O5. The topological polar surface area (TPSA) is 86.3 Å². The molecule has 0 spiro atoms. The van der Waals surface area contributed by atoms with Crippen LogP contribution in [0.15, 0.2) is 29.5 Å². The van der Waals surface area contributed by atoms with Gasteiger partial charge in [0.15, 0.2) is 11.5 Å². The second kappa shape index (κ2) is 9.04. The Labute approximate surface area is 199 Å². The van der Waals surface area contributed by atoms with Gasteiger partial charge < -0.3 is 28.7 Å². The van der Waals surface area contributed by atoms with Crippen molar-refractivity contribution in [3.05, 3.63) is 40.7 Å². The first kappa shape index (κ1) is 22.3. The third-order valence-corrected chi connectivity index (χ3v) is 6.37. The minimum Gasteiger partial charge on any atom is -0.463 e. The summed E-state index contributed by atoms with van der Waals surface area (Å²) in [6.07, 6.45) is 3.37. The molecular weight excluding hydrogens is 436 g/mol. The summed E-state index contributed by atoms with van der Waals surface area (Å²) in [6.45, 7) is 5.81. The first-order valence-corrected chi connectivity index (χ1v) is 11.8. The largest absolute Gasteiger partial charge is 0.463 e. The lowest BCUT2D eigenvalue weighted by Crippen LogP contribution is -2.34. The fraction of sp³-hybridized carbons (Fsp3) is 0.480. The fourth-order valence-corrected chi connectivity index (χ4v) is 4.75. The van der Waals surface area contributed by atoms with Gasteiger partial charge in [0.2, 0.25) is 18.6 Å². The number of allylic oxidation sites excluding steroid dienone is 1. The molecule has 0 aliphatic carbocycles. The minimum absolute atomic E-state index is 0.178. The number of benzene rings is 1. The van der Waals surface area contributed by atoms with Crippen LogP contribution in [0.1, 0.15) is 50.2 Å². The van der Waals surface area contributed by atoms with Gasteiger partial charge in [0.1, 0.15) is 11.6 Å². The first-order valence-electron chi connectivity index (χ1n) is 11.8. The molecule has 1 fully saturated rings. The van der Waals surface area contributed by atoms with E-state index in [1.807, 2.05) is 37.2 Å². The predicted molar refractivity (Wildman–Crippen MR) is 127 cm³/mol. The Balaban J connectivity index is 1.74. The van der Waals surface area contributed by atoms with E-state index in [1.54, 1.807) is 13.8 Å². The van der Waals surface area contributed by atoms with Crippen LogP contribution in [0.3, 0.4) is 0 Å². The molecule has 2 aromatic rings. The molecule has 1 unspecified atom stereocenters. The standard InChI is InChI=1S/C25H30N4O5/c1-5-31-24(30)19-15(2)34-23-21(20(19)16-9-10-17-18(13-16)33-14-32-17)22(26-25(27-23)28(3)4)29-11-7-6-8-12-29/h9-10,13,20H,5-8,11-12,14H2,1-4H3. The van der Waals surface area contributed by atoms with E-state index in [4.69, 9.17) is 28.9 Å². The van der Waals surface area contributed by atoms with Crippen molar-refractivity contribution in [1.82, 2.24) is 9.97 Å². The van der Waals surface area contributed by atoms with Gasteiger partial charge in [-0.25, -0.2) is 4.79 Å². The van der Waals surface area contributed by atoms with Crippen molar-refractivity contribution >= 4 is 17.7 Å². The summed E-state index contributed by atoms with van der Waals surface area (Å²) in [4.78, 5) is 27.1. The summed E-state index contributed by atoms with van der Waals surface area (Å²) >= 11 is 0. The van der Waals surface area contributed by atoms with Crippen molar-refractivity contribution in [3.8, 4) is 17.4 Å². The van der Waals surface area contributed by atoms with E-state index in [1.165, 1.54) is 6.42 Å². The van der Waals surface area contributed by atoms with E-state index in [0.29, 0.717) is 34.7 Å². The molecule has 9 heteroatoms. The van der Waals surface area contributed by atoms with Crippen LogP contribution in [0.2, 0.25) is 0 Å². The van der Waals surface area contributed by atoms with Gasteiger partial charge in [-0.05, 0) is 50.8 Å². The monoisotopic (exact) mass is 466 g/mol. The van der Waals surface area contributed by atoms with Crippen LogP contribution in [0.5, 0.6) is 17.4 Å². The molecule has 0 bridgehead atoms. The highest BCUT2D eigenvalue weighted by molar-refractivity contribution is 5.93. The molecule has 0 N–H and O–H groups in total. The highest BCUT2D eigenvalue weighted by Gasteiger charge is 2.40. The van der Waals surface area contributed by atoms with Crippen molar-refractivity contribution in [2.24, 2.45) is 0 Å². The molecule has 0 saturated carbocycles. The normalized spacial score (nSPS) is 18.9. The molecule has 4 heterocycles.